The van der Waals surface area contributed by atoms with Gasteiger partial charge in [-0.15, -0.1) is 0 Å². The molecule has 76 valence electrons. The van der Waals surface area contributed by atoms with E-state index in [1.54, 1.807) is 6.07 Å². The highest BCUT2D eigenvalue weighted by atomic mass is 79.9. The van der Waals surface area contributed by atoms with Gasteiger partial charge in [0.15, 0.2) is 0 Å². The monoisotopic (exact) mass is 265 g/mol. The quantitative estimate of drug-likeness (QED) is 0.780. The van der Waals surface area contributed by atoms with Crippen molar-refractivity contribution in [3.05, 3.63) is 52.8 Å². The highest BCUT2D eigenvalue weighted by molar-refractivity contribution is 9.10. The molecule has 3 heteroatoms. The van der Waals surface area contributed by atoms with Crippen LogP contribution in [0, 0.1) is 5.82 Å². The highest BCUT2D eigenvalue weighted by Crippen LogP contribution is 2.27. The number of nitrogens with two attached hydrogens (primary N) is 1. The Labute approximate surface area is 95.9 Å². The summed E-state index contributed by atoms with van der Waals surface area (Å²) in [5.74, 6) is -0.242. The number of hydrogen-bond acceptors (Lipinski definition) is 1. The molecule has 0 amide bonds. The molecule has 0 fully saturated rings. The Hall–Kier alpha value is -1.35. The Morgan fingerprint density at radius 2 is 1.73 bits per heavy atom. The molecule has 0 aliphatic heterocycles. The summed E-state index contributed by atoms with van der Waals surface area (Å²) < 4.78 is 13.8. The van der Waals surface area contributed by atoms with E-state index in [4.69, 9.17) is 5.73 Å². The highest BCUT2D eigenvalue weighted by Gasteiger charge is 2.01. The fraction of sp³-hybridized carbons (Fsp3) is 0. The standard InChI is InChI=1S/C12H9BrFN/c13-11-5-4-9(7-12(11)15)8-2-1-3-10(14)6-8/h1-7H,15H2. The van der Waals surface area contributed by atoms with E-state index in [2.05, 4.69) is 15.9 Å². The summed E-state index contributed by atoms with van der Waals surface area (Å²) in [6, 6.07) is 12.0. The van der Waals surface area contributed by atoms with E-state index in [1.807, 2.05) is 24.3 Å². The van der Waals surface area contributed by atoms with Crippen molar-refractivity contribution in [2.24, 2.45) is 0 Å². The van der Waals surface area contributed by atoms with Gasteiger partial charge in [-0.1, -0.05) is 18.2 Å². The molecule has 15 heavy (non-hydrogen) atoms. The minimum absolute atomic E-state index is 0.242. The van der Waals surface area contributed by atoms with Gasteiger partial charge in [-0.05, 0) is 51.3 Å². The number of nitrogen functional groups attached to an aromatic ring is 1. The minimum atomic E-state index is -0.242. The van der Waals surface area contributed by atoms with Crippen molar-refractivity contribution in [2.75, 3.05) is 5.73 Å². The Morgan fingerprint density at radius 1 is 1.00 bits per heavy atom. The van der Waals surface area contributed by atoms with Crippen LogP contribution in [0.1, 0.15) is 0 Å². The lowest BCUT2D eigenvalue weighted by molar-refractivity contribution is 0.628. The van der Waals surface area contributed by atoms with Crippen molar-refractivity contribution < 1.29 is 4.39 Å². The van der Waals surface area contributed by atoms with Gasteiger partial charge in [0.25, 0.3) is 0 Å². The van der Waals surface area contributed by atoms with Crippen LogP contribution < -0.4 is 5.73 Å². The van der Waals surface area contributed by atoms with Crippen molar-refractivity contribution in [1.29, 1.82) is 0 Å². The van der Waals surface area contributed by atoms with Crippen LogP contribution in [0.25, 0.3) is 11.1 Å². The Bertz CT molecular complexity index is 497. The van der Waals surface area contributed by atoms with Crippen molar-refractivity contribution >= 4 is 21.6 Å². The third kappa shape index (κ3) is 2.18. The first-order valence-electron chi connectivity index (χ1n) is 4.48. The summed E-state index contributed by atoms with van der Waals surface area (Å²) in [6.07, 6.45) is 0. The number of anilines is 1. The second kappa shape index (κ2) is 4.03. The SMILES string of the molecule is Nc1cc(-c2cccc(F)c2)ccc1Br. The minimum Gasteiger partial charge on any atom is -0.398 e. The third-order valence-electron chi connectivity index (χ3n) is 2.15. The lowest BCUT2D eigenvalue weighted by Crippen LogP contribution is -1.87. The van der Waals surface area contributed by atoms with E-state index in [9.17, 15) is 4.39 Å². The molecular weight excluding hydrogens is 257 g/mol. The van der Waals surface area contributed by atoms with Gasteiger partial charge in [-0.2, -0.15) is 0 Å². The molecule has 0 heterocycles. The van der Waals surface area contributed by atoms with Crippen molar-refractivity contribution in [1.82, 2.24) is 0 Å². The van der Waals surface area contributed by atoms with Crippen molar-refractivity contribution in [3.63, 3.8) is 0 Å². The molecule has 0 atom stereocenters. The van der Waals surface area contributed by atoms with Crippen LogP contribution in [0.5, 0.6) is 0 Å². The zero-order chi connectivity index (χ0) is 10.8. The van der Waals surface area contributed by atoms with Gasteiger partial charge in [0, 0.05) is 10.2 Å². The Morgan fingerprint density at radius 3 is 2.40 bits per heavy atom. The lowest BCUT2D eigenvalue weighted by Gasteiger charge is -2.04. The molecule has 0 bridgehead atoms. The normalized spacial score (nSPS) is 10.3. The molecule has 0 spiro atoms. The fourth-order valence-corrected chi connectivity index (χ4v) is 1.64. The molecule has 0 saturated heterocycles. The van der Waals surface area contributed by atoms with Gasteiger partial charge >= 0.3 is 0 Å². The number of benzene rings is 2. The smallest absolute Gasteiger partial charge is 0.123 e. The van der Waals surface area contributed by atoms with E-state index in [0.29, 0.717) is 5.69 Å². The summed E-state index contributed by atoms with van der Waals surface area (Å²) in [7, 11) is 0. The molecule has 2 aromatic rings. The Kier molecular flexibility index (Phi) is 2.73. The second-order valence-corrected chi connectivity index (χ2v) is 4.10. The molecule has 0 saturated carbocycles. The largest absolute Gasteiger partial charge is 0.398 e. The maximum absolute atomic E-state index is 13.0. The summed E-state index contributed by atoms with van der Waals surface area (Å²) in [4.78, 5) is 0. The molecule has 2 aromatic carbocycles. The van der Waals surface area contributed by atoms with Crippen molar-refractivity contribution in [2.45, 2.75) is 0 Å². The van der Waals surface area contributed by atoms with Crippen LogP contribution in [0.15, 0.2) is 46.9 Å². The van der Waals surface area contributed by atoms with Crippen molar-refractivity contribution in [3.8, 4) is 11.1 Å². The molecule has 0 aromatic heterocycles. The summed E-state index contributed by atoms with van der Waals surface area (Å²) >= 11 is 3.32. The van der Waals surface area contributed by atoms with Crippen LogP contribution in [0.3, 0.4) is 0 Å². The molecular formula is C12H9BrFN. The zero-order valence-corrected chi connectivity index (χ0v) is 9.46. The van der Waals surface area contributed by atoms with Crippen LogP contribution in [0.2, 0.25) is 0 Å². The molecule has 2 rings (SSSR count). The van der Waals surface area contributed by atoms with Crippen LogP contribution in [0.4, 0.5) is 10.1 Å². The fourth-order valence-electron chi connectivity index (χ4n) is 1.39. The van der Waals surface area contributed by atoms with Gasteiger partial charge < -0.3 is 5.73 Å². The number of rotatable bonds is 1. The number of hydrogen-bond donors (Lipinski definition) is 1. The second-order valence-electron chi connectivity index (χ2n) is 3.25. The molecule has 0 radical (unpaired) electrons. The average Bonchev–Trinajstić information content (AvgIpc) is 2.22. The van der Waals surface area contributed by atoms with E-state index < -0.39 is 0 Å². The molecule has 1 nitrogen and oxygen atoms in total. The van der Waals surface area contributed by atoms with Gasteiger partial charge in [0.1, 0.15) is 5.82 Å². The van der Waals surface area contributed by atoms with E-state index in [1.165, 1.54) is 12.1 Å². The first-order chi connectivity index (χ1) is 7.16. The third-order valence-corrected chi connectivity index (χ3v) is 2.88. The van der Waals surface area contributed by atoms with Gasteiger partial charge in [-0.25, -0.2) is 4.39 Å². The average molecular weight is 266 g/mol. The summed E-state index contributed by atoms with van der Waals surface area (Å²) in [5.41, 5.74) is 8.15. The van der Waals surface area contributed by atoms with Gasteiger partial charge in [0.05, 0.1) is 0 Å². The molecule has 2 N–H and O–H groups in total. The Balaban J connectivity index is 2.50. The zero-order valence-electron chi connectivity index (χ0n) is 7.87. The summed E-state index contributed by atoms with van der Waals surface area (Å²) in [6.45, 7) is 0. The van der Waals surface area contributed by atoms with Gasteiger partial charge in [-0.3, -0.25) is 0 Å². The first kappa shape index (κ1) is 10.2. The maximum Gasteiger partial charge on any atom is 0.123 e. The van der Waals surface area contributed by atoms with Gasteiger partial charge in [0.2, 0.25) is 0 Å². The number of halogens is 2. The summed E-state index contributed by atoms with van der Waals surface area (Å²) in [5, 5.41) is 0. The van der Waals surface area contributed by atoms with E-state index in [-0.39, 0.29) is 5.82 Å². The predicted octanol–water partition coefficient (Wildman–Crippen LogP) is 3.84. The maximum atomic E-state index is 13.0. The van der Waals surface area contributed by atoms with Crippen LogP contribution >= 0.6 is 15.9 Å². The molecule has 0 unspecified atom stereocenters. The van der Waals surface area contributed by atoms with E-state index in [0.717, 1.165) is 15.6 Å². The molecule has 0 aliphatic rings. The lowest BCUT2D eigenvalue weighted by atomic mass is 10.1. The topological polar surface area (TPSA) is 26.0 Å². The first-order valence-corrected chi connectivity index (χ1v) is 5.27. The van der Waals surface area contributed by atoms with E-state index >= 15 is 0 Å². The molecule has 0 aliphatic carbocycles. The predicted molar refractivity (Wildman–Crippen MR) is 63.9 cm³/mol. The van der Waals surface area contributed by atoms with Crippen LogP contribution in [-0.4, -0.2) is 0 Å². The van der Waals surface area contributed by atoms with Crippen LogP contribution in [-0.2, 0) is 0 Å².